The fourth-order valence-electron chi connectivity index (χ4n) is 1.26. The van der Waals surface area contributed by atoms with Crippen molar-refractivity contribution in [1.29, 1.82) is 5.26 Å². The molecule has 2 nitrogen and oxygen atoms in total. The van der Waals surface area contributed by atoms with Gasteiger partial charge in [-0.15, -0.1) is 0 Å². The lowest BCUT2D eigenvalue weighted by Crippen LogP contribution is -1.71. The summed E-state index contributed by atoms with van der Waals surface area (Å²) in [4.78, 5) is 0. The lowest BCUT2D eigenvalue weighted by atomic mass is 10.2. The summed E-state index contributed by atoms with van der Waals surface area (Å²) in [5, 5.41) is 10.1. The SMILES string of the molecule is Cc1oc2ccc(C#N)cc2c1Cl. The first-order valence-corrected chi connectivity index (χ1v) is 4.19. The summed E-state index contributed by atoms with van der Waals surface area (Å²) in [6, 6.07) is 7.25. The first kappa shape index (κ1) is 8.15. The average Bonchev–Trinajstić information content (AvgIpc) is 2.43. The quantitative estimate of drug-likeness (QED) is 0.641. The molecular weight excluding hydrogens is 186 g/mol. The fourth-order valence-corrected chi connectivity index (χ4v) is 1.45. The minimum Gasteiger partial charge on any atom is -0.460 e. The molecule has 1 aromatic heterocycles. The Hall–Kier alpha value is -1.46. The molecule has 0 aliphatic carbocycles. The van der Waals surface area contributed by atoms with Crippen LogP contribution in [0.4, 0.5) is 0 Å². The summed E-state index contributed by atoms with van der Waals surface area (Å²) in [6.07, 6.45) is 0. The second-order valence-electron chi connectivity index (χ2n) is 2.79. The van der Waals surface area contributed by atoms with E-state index in [2.05, 4.69) is 6.07 Å². The first-order chi connectivity index (χ1) is 6.22. The van der Waals surface area contributed by atoms with Crippen LogP contribution in [0.1, 0.15) is 11.3 Å². The van der Waals surface area contributed by atoms with Gasteiger partial charge in [0.1, 0.15) is 11.3 Å². The Kier molecular flexibility index (Phi) is 1.75. The molecule has 0 unspecified atom stereocenters. The smallest absolute Gasteiger partial charge is 0.135 e. The topological polar surface area (TPSA) is 36.9 Å². The van der Waals surface area contributed by atoms with Crippen LogP contribution in [0.3, 0.4) is 0 Å². The predicted octanol–water partition coefficient (Wildman–Crippen LogP) is 3.27. The summed E-state index contributed by atoms with van der Waals surface area (Å²) in [5.41, 5.74) is 1.32. The van der Waals surface area contributed by atoms with Gasteiger partial charge in [-0.3, -0.25) is 0 Å². The van der Waals surface area contributed by atoms with E-state index in [-0.39, 0.29) is 0 Å². The normalized spacial score (nSPS) is 10.2. The number of fused-ring (bicyclic) bond motifs is 1. The molecule has 1 heterocycles. The molecule has 0 aliphatic heterocycles. The number of hydrogen-bond donors (Lipinski definition) is 0. The van der Waals surface area contributed by atoms with E-state index >= 15 is 0 Å². The number of nitriles is 1. The second-order valence-corrected chi connectivity index (χ2v) is 3.17. The van der Waals surface area contributed by atoms with E-state index in [4.69, 9.17) is 21.3 Å². The van der Waals surface area contributed by atoms with Crippen molar-refractivity contribution in [2.45, 2.75) is 6.92 Å². The molecule has 0 saturated carbocycles. The Morgan fingerprint density at radius 3 is 2.92 bits per heavy atom. The molecular formula is C10H6ClNO. The number of hydrogen-bond acceptors (Lipinski definition) is 2. The minimum atomic E-state index is 0.590. The molecule has 0 bridgehead atoms. The number of aryl methyl sites for hydroxylation is 1. The highest BCUT2D eigenvalue weighted by molar-refractivity contribution is 6.36. The third kappa shape index (κ3) is 1.18. The molecule has 0 N–H and O–H groups in total. The number of rotatable bonds is 0. The molecule has 0 radical (unpaired) electrons. The van der Waals surface area contributed by atoms with E-state index < -0.39 is 0 Å². The van der Waals surface area contributed by atoms with Crippen molar-refractivity contribution >= 4 is 22.6 Å². The molecule has 0 saturated heterocycles. The van der Waals surface area contributed by atoms with Crippen LogP contribution in [0, 0.1) is 18.3 Å². The van der Waals surface area contributed by atoms with Crippen LogP contribution in [0.25, 0.3) is 11.0 Å². The number of nitrogens with zero attached hydrogens (tertiary/aromatic N) is 1. The Labute approximate surface area is 80.3 Å². The first-order valence-electron chi connectivity index (χ1n) is 3.81. The molecule has 0 aliphatic rings. The van der Waals surface area contributed by atoms with Gasteiger partial charge in [0.2, 0.25) is 0 Å². The van der Waals surface area contributed by atoms with E-state index in [1.165, 1.54) is 0 Å². The fraction of sp³-hybridized carbons (Fsp3) is 0.100. The monoisotopic (exact) mass is 191 g/mol. The van der Waals surface area contributed by atoms with Crippen molar-refractivity contribution in [3.05, 3.63) is 34.5 Å². The number of benzene rings is 1. The van der Waals surface area contributed by atoms with E-state index in [9.17, 15) is 0 Å². The molecule has 0 spiro atoms. The third-order valence-electron chi connectivity index (χ3n) is 1.92. The standard InChI is InChI=1S/C10H6ClNO/c1-6-10(11)8-4-7(5-12)2-3-9(8)13-6/h2-4H,1H3. The number of halogens is 1. The average molecular weight is 192 g/mol. The zero-order chi connectivity index (χ0) is 9.42. The predicted molar refractivity (Wildman–Crippen MR) is 50.7 cm³/mol. The molecule has 2 rings (SSSR count). The van der Waals surface area contributed by atoms with Gasteiger partial charge in [-0.2, -0.15) is 5.26 Å². The van der Waals surface area contributed by atoms with Crippen molar-refractivity contribution in [2.24, 2.45) is 0 Å². The summed E-state index contributed by atoms with van der Waals surface area (Å²) < 4.78 is 5.36. The largest absolute Gasteiger partial charge is 0.460 e. The molecule has 0 amide bonds. The molecule has 3 heteroatoms. The van der Waals surface area contributed by atoms with Crippen LogP contribution in [-0.4, -0.2) is 0 Å². The van der Waals surface area contributed by atoms with Crippen LogP contribution in [0.5, 0.6) is 0 Å². The second kappa shape index (κ2) is 2.79. The van der Waals surface area contributed by atoms with Gasteiger partial charge >= 0.3 is 0 Å². The van der Waals surface area contributed by atoms with Crippen LogP contribution in [0.15, 0.2) is 22.6 Å². The summed E-state index contributed by atoms with van der Waals surface area (Å²) in [5.74, 6) is 0.687. The van der Waals surface area contributed by atoms with Crippen LogP contribution >= 0.6 is 11.6 Å². The Balaban J connectivity index is 2.84. The van der Waals surface area contributed by atoms with Gasteiger partial charge in [0.15, 0.2) is 0 Å². The van der Waals surface area contributed by atoms with Crippen LogP contribution in [-0.2, 0) is 0 Å². The summed E-state index contributed by atoms with van der Waals surface area (Å²) >= 11 is 5.97. The number of furan rings is 1. The Morgan fingerprint density at radius 1 is 1.46 bits per heavy atom. The zero-order valence-electron chi connectivity index (χ0n) is 6.97. The summed E-state index contributed by atoms with van der Waals surface area (Å²) in [6.45, 7) is 1.80. The third-order valence-corrected chi connectivity index (χ3v) is 2.39. The molecule has 2 aromatic rings. The van der Waals surface area contributed by atoms with Gasteiger partial charge in [0.25, 0.3) is 0 Å². The van der Waals surface area contributed by atoms with Gasteiger partial charge in [0, 0.05) is 5.39 Å². The van der Waals surface area contributed by atoms with E-state index in [0.717, 1.165) is 11.0 Å². The molecule has 0 atom stereocenters. The van der Waals surface area contributed by atoms with E-state index in [0.29, 0.717) is 16.3 Å². The Morgan fingerprint density at radius 2 is 2.23 bits per heavy atom. The maximum absolute atomic E-state index is 8.67. The van der Waals surface area contributed by atoms with Gasteiger partial charge in [-0.1, -0.05) is 11.6 Å². The van der Waals surface area contributed by atoms with Gasteiger partial charge < -0.3 is 4.42 Å². The Bertz CT molecular complexity index is 507. The highest BCUT2D eigenvalue weighted by atomic mass is 35.5. The van der Waals surface area contributed by atoms with E-state index in [1.54, 1.807) is 25.1 Å². The van der Waals surface area contributed by atoms with Crippen LogP contribution < -0.4 is 0 Å². The lowest BCUT2D eigenvalue weighted by molar-refractivity contribution is 0.579. The lowest BCUT2D eigenvalue weighted by Gasteiger charge is -1.88. The van der Waals surface area contributed by atoms with Crippen molar-refractivity contribution in [3.63, 3.8) is 0 Å². The molecule has 0 fully saturated rings. The maximum atomic E-state index is 8.67. The van der Waals surface area contributed by atoms with Crippen molar-refractivity contribution in [3.8, 4) is 6.07 Å². The minimum absolute atomic E-state index is 0.590. The van der Waals surface area contributed by atoms with Crippen LogP contribution in [0.2, 0.25) is 5.02 Å². The highest BCUT2D eigenvalue weighted by Crippen LogP contribution is 2.30. The molecule has 13 heavy (non-hydrogen) atoms. The maximum Gasteiger partial charge on any atom is 0.135 e. The van der Waals surface area contributed by atoms with Crippen molar-refractivity contribution in [2.75, 3.05) is 0 Å². The zero-order valence-corrected chi connectivity index (χ0v) is 7.72. The van der Waals surface area contributed by atoms with Crippen molar-refractivity contribution < 1.29 is 4.42 Å². The van der Waals surface area contributed by atoms with Gasteiger partial charge in [-0.05, 0) is 25.1 Å². The van der Waals surface area contributed by atoms with Gasteiger partial charge in [-0.25, -0.2) is 0 Å². The molecule has 1 aromatic carbocycles. The van der Waals surface area contributed by atoms with Crippen molar-refractivity contribution in [1.82, 2.24) is 0 Å². The molecule has 64 valence electrons. The highest BCUT2D eigenvalue weighted by Gasteiger charge is 2.08. The van der Waals surface area contributed by atoms with Gasteiger partial charge in [0.05, 0.1) is 16.7 Å². The van der Waals surface area contributed by atoms with E-state index in [1.807, 2.05) is 0 Å². The summed E-state index contributed by atoms with van der Waals surface area (Å²) in [7, 11) is 0.